The third-order valence-corrected chi connectivity index (χ3v) is 13.8. The zero-order valence-electron chi connectivity index (χ0n) is 35.3. The lowest BCUT2D eigenvalue weighted by molar-refractivity contribution is -0.120. The van der Waals surface area contributed by atoms with E-state index >= 15 is 0 Å². The Balaban J connectivity index is 0.000000153. The Kier molecular flexibility index (Phi) is 9.36. The van der Waals surface area contributed by atoms with E-state index in [4.69, 9.17) is 20.8 Å². The van der Waals surface area contributed by atoms with E-state index in [1.165, 1.54) is 35.4 Å². The molecule has 0 saturated heterocycles. The van der Waals surface area contributed by atoms with E-state index < -0.39 is 6.04 Å². The highest BCUT2D eigenvalue weighted by Gasteiger charge is 2.54. The van der Waals surface area contributed by atoms with Crippen LogP contribution in [0.2, 0.25) is 0 Å². The number of hydrogen-bond acceptors (Lipinski definition) is 9. The van der Waals surface area contributed by atoms with Crippen LogP contribution in [0.1, 0.15) is 74.2 Å². The van der Waals surface area contributed by atoms with Crippen LogP contribution < -0.4 is 20.9 Å². The van der Waals surface area contributed by atoms with Crippen molar-refractivity contribution in [2.45, 2.75) is 92.2 Å². The Bertz CT molecular complexity index is 2630. The monoisotopic (exact) mass is 800 g/mol. The van der Waals surface area contributed by atoms with Crippen LogP contribution in [-0.2, 0) is 35.3 Å². The third kappa shape index (κ3) is 6.82. The summed E-state index contributed by atoms with van der Waals surface area (Å²) in [4.78, 5) is 44.8. The van der Waals surface area contributed by atoms with Crippen LogP contribution in [0.4, 0.5) is 11.4 Å². The number of aromatic nitrogens is 8. The number of fused-ring (bicyclic) bond motifs is 6. The molecule has 4 aromatic heterocycles. The average molecular weight is 801 g/mol. The highest BCUT2D eigenvalue weighted by atomic mass is 16.3. The lowest BCUT2D eigenvalue weighted by Crippen LogP contribution is -2.44. The Morgan fingerprint density at radius 1 is 0.814 bits per heavy atom. The fourth-order valence-corrected chi connectivity index (χ4v) is 9.76. The Morgan fingerprint density at radius 2 is 1.27 bits per heavy atom. The summed E-state index contributed by atoms with van der Waals surface area (Å²) in [5, 5.41) is 27.7. The van der Waals surface area contributed by atoms with E-state index in [1.54, 1.807) is 37.7 Å². The lowest BCUT2D eigenvalue weighted by Gasteiger charge is -2.23. The van der Waals surface area contributed by atoms with Crippen molar-refractivity contribution in [1.82, 2.24) is 45.6 Å². The van der Waals surface area contributed by atoms with Crippen LogP contribution in [0, 0.1) is 36.5 Å². The maximum Gasteiger partial charge on any atom is 0.243 e. The molecule has 4 aliphatic rings. The number of rotatable bonds is 9. The molecule has 2 fully saturated rings. The van der Waals surface area contributed by atoms with E-state index in [0.29, 0.717) is 17.4 Å². The largest absolute Gasteiger partial charge is 0.395 e. The molecule has 0 unspecified atom stereocenters. The van der Waals surface area contributed by atoms with Gasteiger partial charge in [0.05, 0.1) is 40.8 Å². The van der Waals surface area contributed by atoms with Crippen LogP contribution in [0.25, 0.3) is 45.1 Å². The van der Waals surface area contributed by atoms with Gasteiger partial charge in [0, 0.05) is 54.5 Å². The minimum Gasteiger partial charge on any atom is -0.395 e. The highest BCUT2D eigenvalue weighted by Crippen LogP contribution is 2.60. The summed E-state index contributed by atoms with van der Waals surface area (Å²) in [7, 11) is 3.53. The normalized spacial score (nSPS) is 23.4. The van der Waals surface area contributed by atoms with Crippen LogP contribution in [0.3, 0.4) is 0 Å². The van der Waals surface area contributed by atoms with Crippen LogP contribution >= 0.6 is 0 Å². The number of carbonyl (C=O) groups is 2. The minimum absolute atomic E-state index is 0.000746. The molecule has 0 bridgehead atoms. The van der Waals surface area contributed by atoms with Gasteiger partial charge in [-0.2, -0.15) is 10.2 Å². The van der Waals surface area contributed by atoms with Gasteiger partial charge in [-0.3, -0.25) is 19.8 Å². The zero-order valence-corrected chi connectivity index (χ0v) is 35.3. The third-order valence-electron chi connectivity index (χ3n) is 13.8. The van der Waals surface area contributed by atoms with Crippen molar-refractivity contribution in [3.05, 3.63) is 57.9 Å². The van der Waals surface area contributed by atoms with Crippen LogP contribution in [0.15, 0.2) is 24.3 Å². The number of H-pyrrole nitrogens is 4. The summed E-state index contributed by atoms with van der Waals surface area (Å²) in [6.45, 7) is 12.6. The maximum atomic E-state index is 12.8. The molecular weight excluding hydrogens is 745 g/mol. The van der Waals surface area contributed by atoms with Crippen LogP contribution in [0.5, 0.6) is 0 Å². The van der Waals surface area contributed by atoms with Gasteiger partial charge < -0.3 is 35.9 Å². The molecule has 59 heavy (non-hydrogen) atoms. The molecule has 2 aromatic carbocycles. The Morgan fingerprint density at radius 3 is 1.71 bits per heavy atom. The molecule has 2 amide bonds. The smallest absolute Gasteiger partial charge is 0.243 e. The summed E-state index contributed by atoms with van der Waals surface area (Å²) in [6.07, 6.45) is 6.88. The number of aryl methyl sites for hydroxylation is 2. The predicted molar refractivity (Wildman–Crippen MR) is 229 cm³/mol. The van der Waals surface area contributed by atoms with Crippen molar-refractivity contribution in [2.75, 3.05) is 37.0 Å². The van der Waals surface area contributed by atoms with Crippen molar-refractivity contribution in [3.8, 4) is 23.0 Å². The Labute approximate surface area is 343 Å². The highest BCUT2D eigenvalue weighted by molar-refractivity contribution is 6.00. The average Bonchev–Trinajstić information content (AvgIpc) is 3.61. The van der Waals surface area contributed by atoms with Crippen molar-refractivity contribution < 1.29 is 14.7 Å². The zero-order chi connectivity index (χ0) is 41.7. The molecule has 6 aromatic rings. The standard InChI is InChI=1S/C23H30N6O2.C21H26N6O/c1-12-7-16-17(9-19(12)29(4)22(31)13(2)24-5-6-30)26-21(25-16)20-15-8-14-10-23(14,3)11-18(15)27-28-20;1-10-5-14-15(7-17(10)27(4)20(28)11(2)22)24-19(23-14)18-13-6-12-8-21(12,3)9-16(13)25-26-18/h7,9,13-14,24,30H,5-6,8,10-11H2,1-4H3,(H,25,26)(H,27,28);5,7,11-12H,6,8-9,22H2,1-4H3,(H,23,24)(H,25,26)/t13-,14+,23+;11-,12+,21+/m00/s1. The quantitative estimate of drug-likeness (QED) is 0.105. The number of hydrogen-bond donors (Lipinski definition) is 7. The van der Waals surface area contributed by atoms with Gasteiger partial charge in [0.1, 0.15) is 11.4 Å². The molecule has 4 heterocycles. The number of nitrogens with two attached hydrogens (primary N) is 1. The number of aromatic amines is 4. The number of amides is 2. The van der Waals surface area contributed by atoms with Gasteiger partial charge in [0.2, 0.25) is 11.8 Å². The number of aliphatic hydroxyl groups excluding tert-OH is 1. The fraction of sp³-hybridized carbons (Fsp3) is 0.500. The number of carbonyl (C=O) groups excluding carboxylic acids is 2. The topological polar surface area (TPSA) is 214 Å². The fourth-order valence-electron chi connectivity index (χ4n) is 9.76. The first-order valence-corrected chi connectivity index (χ1v) is 20.9. The van der Waals surface area contributed by atoms with Gasteiger partial charge in [0.15, 0.2) is 11.6 Å². The van der Waals surface area contributed by atoms with Gasteiger partial charge in [-0.25, -0.2) is 9.97 Å². The van der Waals surface area contributed by atoms with Gasteiger partial charge in [0.25, 0.3) is 0 Å². The molecule has 8 N–H and O–H groups in total. The number of likely N-dealkylation sites (N-methyl/N-ethyl adjacent to an activating group) is 2. The Hall–Kier alpha value is -5.38. The summed E-state index contributed by atoms with van der Waals surface area (Å²) < 4.78 is 0. The van der Waals surface area contributed by atoms with Gasteiger partial charge in [-0.1, -0.05) is 13.8 Å². The van der Waals surface area contributed by atoms with Crippen molar-refractivity contribution in [1.29, 1.82) is 0 Å². The second kappa shape index (κ2) is 14.1. The number of nitrogens with zero attached hydrogens (tertiary/aromatic N) is 6. The summed E-state index contributed by atoms with van der Waals surface area (Å²) in [5.74, 6) is 2.92. The minimum atomic E-state index is -0.543. The summed E-state index contributed by atoms with van der Waals surface area (Å²) in [6, 6.07) is 7.04. The van der Waals surface area contributed by atoms with E-state index in [0.717, 1.165) is 105 Å². The first-order chi connectivity index (χ1) is 28.1. The van der Waals surface area contributed by atoms with E-state index in [9.17, 15) is 9.59 Å². The number of nitrogens with one attached hydrogen (secondary N) is 5. The molecule has 15 nitrogen and oxygen atoms in total. The second-order valence-corrected chi connectivity index (χ2v) is 18.4. The van der Waals surface area contributed by atoms with Crippen molar-refractivity contribution >= 4 is 45.3 Å². The number of anilines is 2. The molecule has 10 rings (SSSR count). The van der Waals surface area contributed by atoms with E-state index in [2.05, 4.69) is 49.5 Å². The number of aliphatic hydroxyl groups is 1. The van der Waals surface area contributed by atoms with Crippen LogP contribution in [-0.4, -0.2) is 96.6 Å². The van der Waals surface area contributed by atoms with Gasteiger partial charge in [-0.05, 0) is 124 Å². The SMILES string of the molecule is Cc1cc2[nH]c(-c3n[nH]c4c3C[C@@H]3C[C@]3(C)C4)nc2cc1N(C)C(=O)[C@H](C)N.Cc1cc2[nH]c(-c3n[nH]c4c3C[C@@H]3C[C@]3(C)C4)nc2cc1N(C)C(=O)[C@H](C)NCCO. The van der Waals surface area contributed by atoms with Gasteiger partial charge in [-0.15, -0.1) is 0 Å². The molecule has 6 atom stereocenters. The first kappa shape index (κ1) is 39.1. The molecule has 310 valence electrons. The van der Waals surface area contributed by atoms with E-state index in [-0.39, 0.29) is 24.5 Å². The first-order valence-electron chi connectivity index (χ1n) is 20.9. The number of benzene rings is 2. The van der Waals surface area contributed by atoms with Crippen molar-refractivity contribution in [3.63, 3.8) is 0 Å². The molecular formula is C44H56N12O3. The number of imidazole rings is 2. The molecule has 0 spiro atoms. The molecule has 2 saturated carbocycles. The summed E-state index contributed by atoms with van der Waals surface area (Å²) >= 11 is 0. The maximum absolute atomic E-state index is 12.8. The molecule has 15 heteroatoms. The van der Waals surface area contributed by atoms with Gasteiger partial charge >= 0.3 is 0 Å². The predicted octanol–water partition coefficient (Wildman–Crippen LogP) is 5.02. The molecule has 0 aliphatic heterocycles. The van der Waals surface area contributed by atoms with Crippen molar-refractivity contribution in [2.24, 2.45) is 28.4 Å². The molecule has 4 aliphatic carbocycles. The second-order valence-electron chi connectivity index (χ2n) is 18.4. The lowest BCUT2D eigenvalue weighted by atomic mass is 9.88. The van der Waals surface area contributed by atoms with E-state index in [1.807, 2.05) is 38.1 Å². The summed E-state index contributed by atoms with van der Waals surface area (Å²) in [5.41, 5.74) is 20.8. The molecule has 0 radical (unpaired) electrons.